The van der Waals surface area contributed by atoms with Gasteiger partial charge in [-0.25, -0.2) is 14.4 Å². The number of fused-ring (bicyclic) bond motifs is 1. The normalized spacial score (nSPS) is 15.8. The number of benzene rings is 1. The number of halogens is 2. The lowest BCUT2D eigenvalue weighted by molar-refractivity contribution is -0.117. The second kappa shape index (κ2) is 10.4. The highest BCUT2D eigenvalue weighted by molar-refractivity contribution is 5.99. The van der Waals surface area contributed by atoms with Crippen LogP contribution in [0.25, 0.3) is 17.2 Å². The SMILES string of the molecule is Cl.O=C1CCCN1c1cc(N2CCOCC2)cn2c(=O)c(O)c(-c3ncc(Cc4ccc(F)cc4)[nH]3)nc12. The van der Waals surface area contributed by atoms with Gasteiger partial charge in [-0.1, -0.05) is 12.1 Å². The third-order valence-electron chi connectivity index (χ3n) is 6.77. The Morgan fingerprint density at radius 3 is 2.58 bits per heavy atom. The number of hydrogen-bond donors (Lipinski definition) is 2. The molecular formula is C26H26ClFN6O4. The van der Waals surface area contributed by atoms with Crippen molar-refractivity contribution >= 4 is 35.3 Å². The summed E-state index contributed by atoms with van der Waals surface area (Å²) in [6.45, 7) is 2.94. The van der Waals surface area contributed by atoms with Crippen molar-refractivity contribution < 1.29 is 19.0 Å². The van der Waals surface area contributed by atoms with Crippen molar-refractivity contribution in [3.8, 4) is 17.3 Å². The van der Waals surface area contributed by atoms with E-state index in [0.29, 0.717) is 63.5 Å². The molecule has 0 aliphatic carbocycles. The molecule has 6 rings (SSSR count). The fourth-order valence-electron chi connectivity index (χ4n) is 4.85. The molecular weight excluding hydrogens is 515 g/mol. The second-order valence-corrected chi connectivity index (χ2v) is 9.20. The van der Waals surface area contributed by atoms with Crippen LogP contribution in [0.5, 0.6) is 5.75 Å². The number of carbonyl (C=O) groups is 1. The number of aromatic nitrogens is 4. The average Bonchev–Trinajstić information content (AvgIpc) is 3.56. The molecule has 0 atom stereocenters. The Kier molecular flexibility index (Phi) is 7.04. The predicted molar refractivity (Wildman–Crippen MR) is 142 cm³/mol. The van der Waals surface area contributed by atoms with E-state index in [0.717, 1.165) is 11.3 Å². The molecule has 3 aromatic heterocycles. The zero-order valence-electron chi connectivity index (χ0n) is 20.4. The molecule has 2 saturated heterocycles. The number of anilines is 2. The van der Waals surface area contributed by atoms with Crippen LogP contribution in [0.1, 0.15) is 24.1 Å². The van der Waals surface area contributed by atoms with Crippen LogP contribution in [0.15, 0.2) is 47.5 Å². The highest BCUT2D eigenvalue weighted by Crippen LogP contribution is 2.32. The fourth-order valence-corrected chi connectivity index (χ4v) is 4.85. The molecule has 38 heavy (non-hydrogen) atoms. The Bertz CT molecular complexity index is 1550. The van der Waals surface area contributed by atoms with Crippen LogP contribution in [0.3, 0.4) is 0 Å². The van der Waals surface area contributed by atoms with E-state index >= 15 is 0 Å². The minimum atomic E-state index is -0.653. The van der Waals surface area contributed by atoms with Gasteiger partial charge in [0.2, 0.25) is 11.7 Å². The van der Waals surface area contributed by atoms with Crippen LogP contribution in [-0.2, 0) is 16.0 Å². The van der Waals surface area contributed by atoms with Gasteiger partial charge < -0.3 is 24.6 Å². The number of rotatable bonds is 5. The summed E-state index contributed by atoms with van der Waals surface area (Å²) in [5.41, 5.74) is 2.46. The summed E-state index contributed by atoms with van der Waals surface area (Å²) in [6.07, 6.45) is 4.83. The molecule has 0 radical (unpaired) electrons. The lowest BCUT2D eigenvalue weighted by atomic mass is 10.1. The summed E-state index contributed by atoms with van der Waals surface area (Å²) in [6, 6.07) is 8.01. The predicted octanol–water partition coefficient (Wildman–Crippen LogP) is 2.91. The van der Waals surface area contributed by atoms with Gasteiger partial charge in [0, 0.05) is 50.6 Å². The fraction of sp³-hybridized carbons (Fsp3) is 0.308. The van der Waals surface area contributed by atoms with Crippen molar-refractivity contribution in [1.29, 1.82) is 0 Å². The molecule has 1 amide bonds. The van der Waals surface area contributed by atoms with Crippen LogP contribution < -0.4 is 15.4 Å². The Labute approximate surface area is 223 Å². The molecule has 0 saturated carbocycles. The third-order valence-corrected chi connectivity index (χ3v) is 6.77. The molecule has 0 spiro atoms. The first-order valence-electron chi connectivity index (χ1n) is 12.2. The molecule has 4 aromatic rings. The zero-order chi connectivity index (χ0) is 25.5. The minimum Gasteiger partial charge on any atom is -0.501 e. The number of H-pyrrole nitrogens is 1. The summed E-state index contributed by atoms with van der Waals surface area (Å²) >= 11 is 0. The molecule has 12 heteroatoms. The van der Waals surface area contributed by atoms with Gasteiger partial charge in [0.05, 0.1) is 24.6 Å². The number of aromatic amines is 1. The molecule has 0 bridgehead atoms. The molecule has 2 aliphatic heterocycles. The maximum absolute atomic E-state index is 13.4. The summed E-state index contributed by atoms with van der Waals surface area (Å²) in [7, 11) is 0. The van der Waals surface area contributed by atoms with E-state index in [2.05, 4.69) is 19.9 Å². The first-order valence-corrected chi connectivity index (χ1v) is 12.2. The first kappa shape index (κ1) is 25.7. The van der Waals surface area contributed by atoms with Crippen LogP contribution in [0, 0.1) is 5.82 Å². The summed E-state index contributed by atoms with van der Waals surface area (Å²) < 4.78 is 20.0. The van der Waals surface area contributed by atoms with Crippen LogP contribution in [0.2, 0.25) is 0 Å². The van der Waals surface area contributed by atoms with Gasteiger partial charge in [-0.15, -0.1) is 12.4 Å². The van der Waals surface area contributed by atoms with Crippen molar-refractivity contribution in [2.45, 2.75) is 19.3 Å². The van der Waals surface area contributed by atoms with E-state index in [1.807, 2.05) is 6.07 Å². The number of aromatic hydroxyl groups is 1. The summed E-state index contributed by atoms with van der Waals surface area (Å²) in [5, 5.41) is 10.9. The average molecular weight is 541 g/mol. The number of imidazole rings is 1. The zero-order valence-corrected chi connectivity index (χ0v) is 21.2. The van der Waals surface area contributed by atoms with Gasteiger partial charge in [-0.05, 0) is 30.2 Å². The Morgan fingerprint density at radius 1 is 1.11 bits per heavy atom. The molecule has 2 fully saturated rings. The summed E-state index contributed by atoms with van der Waals surface area (Å²) in [4.78, 5) is 41.9. The summed E-state index contributed by atoms with van der Waals surface area (Å²) in [5.74, 6) is -0.670. The van der Waals surface area contributed by atoms with Crippen molar-refractivity contribution in [2.24, 2.45) is 0 Å². The van der Waals surface area contributed by atoms with Gasteiger partial charge in [0.1, 0.15) is 5.82 Å². The number of nitrogens with one attached hydrogen (secondary N) is 1. The number of pyridine rings is 1. The Hall–Kier alpha value is -3.96. The number of morpholine rings is 1. The van der Waals surface area contributed by atoms with Crippen molar-refractivity contribution in [2.75, 3.05) is 42.6 Å². The van der Waals surface area contributed by atoms with Crippen molar-refractivity contribution in [3.63, 3.8) is 0 Å². The Balaban J connectivity index is 0.00000294. The van der Waals surface area contributed by atoms with E-state index in [4.69, 9.17) is 4.74 Å². The molecule has 10 nitrogen and oxygen atoms in total. The number of hydrogen-bond acceptors (Lipinski definition) is 7. The van der Waals surface area contributed by atoms with Crippen LogP contribution in [-0.4, -0.2) is 63.2 Å². The topological polar surface area (TPSA) is 116 Å². The molecule has 198 valence electrons. The highest BCUT2D eigenvalue weighted by Gasteiger charge is 2.28. The monoisotopic (exact) mass is 540 g/mol. The van der Waals surface area contributed by atoms with Gasteiger partial charge in [-0.3, -0.25) is 14.0 Å². The lowest BCUT2D eigenvalue weighted by Gasteiger charge is -2.30. The quantitative estimate of drug-likeness (QED) is 0.400. The smallest absolute Gasteiger partial charge is 0.300 e. The van der Waals surface area contributed by atoms with Gasteiger partial charge >= 0.3 is 5.56 Å². The number of nitrogens with zero attached hydrogens (tertiary/aromatic N) is 5. The van der Waals surface area contributed by atoms with E-state index in [-0.39, 0.29) is 41.3 Å². The molecule has 0 unspecified atom stereocenters. The third kappa shape index (κ3) is 4.70. The van der Waals surface area contributed by atoms with Crippen LogP contribution in [0.4, 0.5) is 15.8 Å². The molecule has 2 N–H and O–H groups in total. The van der Waals surface area contributed by atoms with Gasteiger partial charge in [-0.2, -0.15) is 0 Å². The first-order chi connectivity index (χ1) is 18.0. The second-order valence-electron chi connectivity index (χ2n) is 9.20. The number of ether oxygens (including phenoxy) is 1. The molecule has 2 aliphatic rings. The van der Waals surface area contributed by atoms with E-state index < -0.39 is 11.3 Å². The van der Waals surface area contributed by atoms with E-state index in [9.17, 15) is 19.1 Å². The van der Waals surface area contributed by atoms with Crippen LogP contribution >= 0.6 is 12.4 Å². The maximum Gasteiger partial charge on any atom is 0.300 e. The maximum atomic E-state index is 13.4. The van der Waals surface area contributed by atoms with Crippen molar-refractivity contribution in [1.82, 2.24) is 19.4 Å². The number of carbonyl (C=O) groups excluding carboxylic acids is 1. The minimum absolute atomic E-state index is 0. The van der Waals surface area contributed by atoms with E-state index in [1.54, 1.807) is 29.4 Å². The largest absolute Gasteiger partial charge is 0.501 e. The van der Waals surface area contributed by atoms with E-state index in [1.165, 1.54) is 16.5 Å². The van der Waals surface area contributed by atoms with Gasteiger partial charge in [0.25, 0.3) is 0 Å². The standard InChI is InChI=1S/C26H25FN6O4.ClH/c27-17-5-3-16(4-6-17)12-18-14-28-24(29-18)22-23(35)26(36)33-15-19(31-8-10-37-11-9-31)13-20(25(33)30-22)32-7-1-2-21(32)34;/h3-6,13-15,35H,1-2,7-12H2,(H,28,29);1H. The van der Waals surface area contributed by atoms with Crippen molar-refractivity contribution in [3.05, 3.63) is 70.2 Å². The lowest BCUT2D eigenvalue weighted by Crippen LogP contribution is -2.37. The molecule has 5 heterocycles. The number of amides is 1. The van der Waals surface area contributed by atoms with Gasteiger partial charge in [0.15, 0.2) is 17.2 Å². The molecule has 1 aromatic carbocycles. The highest BCUT2D eigenvalue weighted by atomic mass is 35.5. The Morgan fingerprint density at radius 2 is 1.87 bits per heavy atom.